The largest absolute Gasteiger partial charge is 0.362 e. The Labute approximate surface area is 118 Å². The number of thiazole rings is 1. The Morgan fingerprint density at radius 2 is 2.11 bits per heavy atom. The third kappa shape index (κ3) is 2.50. The van der Waals surface area contributed by atoms with Crippen LogP contribution in [0.25, 0.3) is 11.3 Å². The molecule has 0 unspecified atom stereocenters. The van der Waals surface area contributed by atoms with Crippen molar-refractivity contribution in [1.29, 1.82) is 0 Å². The molecule has 19 heavy (non-hydrogen) atoms. The SMILES string of the molecule is CCNc1nc(-c2cc3c(nc2C)CCCC3)cs1. The zero-order valence-electron chi connectivity index (χ0n) is 11.5. The lowest BCUT2D eigenvalue weighted by Gasteiger charge is -2.16. The molecule has 0 radical (unpaired) electrons. The second-order valence-corrected chi connectivity index (χ2v) is 5.86. The summed E-state index contributed by atoms with van der Waals surface area (Å²) in [5.41, 5.74) is 6.08. The Hall–Kier alpha value is -1.42. The highest BCUT2D eigenvalue weighted by molar-refractivity contribution is 7.14. The molecule has 100 valence electrons. The molecule has 3 nitrogen and oxygen atoms in total. The van der Waals surface area contributed by atoms with Crippen molar-refractivity contribution in [2.24, 2.45) is 0 Å². The third-order valence-corrected chi connectivity index (χ3v) is 4.40. The van der Waals surface area contributed by atoms with E-state index < -0.39 is 0 Å². The van der Waals surface area contributed by atoms with Gasteiger partial charge in [-0.15, -0.1) is 11.3 Å². The van der Waals surface area contributed by atoms with Gasteiger partial charge in [0.2, 0.25) is 0 Å². The van der Waals surface area contributed by atoms with Crippen LogP contribution in [0.4, 0.5) is 5.13 Å². The molecule has 0 fully saturated rings. The minimum Gasteiger partial charge on any atom is -0.362 e. The van der Waals surface area contributed by atoms with Gasteiger partial charge >= 0.3 is 0 Å². The van der Waals surface area contributed by atoms with Crippen molar-refractivity contribution in [3.05, 3.63) is 28.4 Å². The number of nitrogens with one attached hydrogen (secondary N) is 1. The summed E-state index contributed by atoms with van der Waals surface area (Å²) in [7, 11) is 0. The van der Waals surface area contributed by atoms with Gasteiger partial charge in [-0.2, -0.15) is 0 Å². The second kappa shape index (κ2) is 5.29. The van der Waals surface area contributed by atoms with Crippen molar-refractivity contribution >= 4 is 16.5 Å². The quantitative estimate of drug-likeness (QED) is 0.923. The molecule has 1 aliphatic rings. The molecule has 0 saturated heterocycles. The highest BCUT2D eigenvalue weighted by atomic mass is 32.1. The van der Waals surface area contributed by atoms with Gasteiger partial charge in [-0.25, -0.2) is 4.98 Å². The third-order valence-electron chi connectivity index (χ3n) is 3.60. The molecule has 2 aromatic rings. The molecule has 0 amide bonds. The normalized spacial score (nSPS) is 14.2. The smallest absolute Gasteiger partial charge is 0.183 e. The number of fused-ring (bicyclic) bond motifs is 1. The maximum absolute atomic E-state index is 4.79. The highest BCUT2D eigenvalue weighted by Crippen LogP contribution is 2.30. The van der Waals surface area contributed by atoms with E-state index in [0.717, 1.165) is 29.5 Å². The molecule has 0 atom stereocenters. The Morgan fingerprint density at radius 1 is 1.26 bits per heavy atom. The van der Waals surface area contributed by atoms with E-state index in [1.807, 2.05) is 0 Å². The lowest BCUT2D eigenvalue weighted by Crippen LogP contribution is -2.07. The van der Waals surface area contributed by atoms with Crippen LogP contribution in [-0.4, -0.2) is 16.5 Å². The fourth-order valence-electron chi connectivity index (χ4n) is 2.63. The monoisotopic (exact) mass is 273 g/mol. The molecular formula is C15H19N3S. The van der Waals surface area contributed by atoms with Crippen LogP contribution >= 0.6 is 11.3 Å². The van der Waals surface area contributed by atoms with Gasteiger partial charge in [0.05, 0.1) is 5.69 Å². The maximum atomic E-state index is 4.79. The Kier molecular flexibility index (Phi) is 3.51. The number of pyridine rings is 1. The topological polar surface area (TPSA) is 37.8 Å². The molecule has 0 aliphatic heterocycles. The molecule has 0 bridgehead atoms. The fraction of sp³-hybridized carbons (Fsp3) is 0.467. The van der Waals surface area contributed by atoms with E-state index in [0.29, 0.717) is 0 Å². The van der Waals surface area contributed by atoms with Gasteiger partial charge in [-0.05, 0) is 51.2 Å². The molecule has 0 saturated carbocycles. The van der Waals surface area contributed by atoms with Crippen LogP contribution in [0.2, 0.25) is 0 Å². The number of aromatic nitrogens is 2. The molecule has 0 aromatic carbocycles. The van der Waals surface area contributed by atoms with Gasteiger partial charge in [0.1, 0.15) is 0 Å². The summed E-state index contributed by atoms with van der Waals surface area (Å²) in [5.74, 6) is 0. The summed E-state index contributed by atoms with van der Waals surface area (Å²) in [6.45, 7) is 5.09. The van der Waals surface area contributed by atoms with E-state index in [4.69, 9.17) is 4.98 Å². The first-order chi connectivity index (χ1) is 9.28. The standard InChI is InChI=1S/C15H19N3S/c1-3-16-15-18-14(9-19-15)12-8-11-6-4-5-7-13(11)17-10(12)2/h8-9H,3-7H2,1-2H3,(H,16,18). The summed E-state index contributed by atoms with van der Waals surface area (Å²) >= 11 is 1.67. The van der Waals surface area contributed by atoms with E-state index in [1.165, 1.54) is 36.1 Å². The minimum atomic E-state index is 0.911. The molecule has 4 heteroatoms. The first-order valence-corrected chi connectivity index (χ1v) is 7.85. The lowest BCUT2D eigenvalue weighted by molar-refractivity contribution is 0.666. The zero-order chi connectivity index (χ0) is 13.2. The summed E-state index contributed by atoms with van der Waals surface area (Å²) in [6, 6.07) is 2.31. The van der Waals surface area contributed by atoms with E-state index in [-0.39, 0.29) is 0 Å². The van der Waals surface area contributed by atoms with E-state index in [1.54, 1.807) is 11.3 Å². The van der Waals surface area contributed by atoms with Crippen molar-refractivity contribution in [1.82, 2.24) is 9.97 Å². The summed E-state index contributed by atoms with van der Waals surface area (Å²) < 4.78 is 0. The molecule has 2 aromatic heterocycles. The molecular weight excluding hydrogens is 254 g/mol. The average Bonchev–Trinajstić information content (AvgIpc) is 2.87. The molecule has 3 rings (SSSR count). The van der Waals surface area contributed by atoms with Crippen molar-refractivity contribution < 1.29 is 0 Å². The summed E-state index contributed by atoms with van der Waals surface area (Å²) in [5, 5.41) is 6.38. The number of hydrogen-bond acceptors (Lipinski definition) is 4. The van der Waals surface area contributed by atoms with Crippen molar-refractivity contribution in [2.45, 2.75) is 39.5 Å². The minimum absolute atomic E-state index is 0.911. The Morgan fingerprint density at radius 3 is 2.95 bits per heavy atom. The summed E-state index contributed by atoms with van der Waals surface area (Å²) in [6.07, 6.45) is 4.87. The van der Waals surface area contributed by atoms with Crippen LogP contribution in [0, 0.1) is 6.92 Å². The van der Waals surface area contributed by atoms with Crippen LogP contribution in [0.15, 0.2) is 11.4 Å². The van der Waals surface area contributed by atoms with Crippen LogP contribution in [-0.2, 0) is 12.8 Å². The highest BCUT2D eigenvalue weighted by Gasteiger charge is 2.15. The van der Waals surface area contributed by atoms with Gasteiger partial charge in [-0.1, -0.05) is 0 Å². The first-order valence-electron chi connectivity index (χ1n) is 6.97. The predicted octanol–water partition coefficient (Wildman–Crippen LogP) is 3.82. The van der Waals surface area contributed by atoms with Crippen LogP contribution in [0.5, 0.6) is 0 Å². The zero-order valence-corrected chi connectivity index (χ0v) is 12.3. The number of anilines is 1. The molecule has 1 aliphatic carbocycles. The Bertz CT molecular complexity index is 589. The van der Waals surface area contributed by atoms with E-state index >= 15 is 0 Å². The first kappa shape index (κ1) is 12.6. The average molecular weight is 273 g/mol. The molecule has 1 N–H and O–H groups in total. The number of rotatable bonds is 3. The molecule has 2 heterocycles. The van der Waals surface area contributed by atoms with Crippen LogP contribution in [0.1, 0.15) is 36.7 Å². The predicted molar refractivity (Wildman–Crippen MR) is 80.9 cm³/mol. The van der Waals surface area contributed by atoms with Gasteiger partial charge in [-0.3, -0.25) is 4.98 Å². The van der Waals surface area contributed by atoms with Gasteiger partial charge in [0.25, 0.3) is 0 Å². The van der Waals surface area contributed by atoms with Crippen LogP contribution in [0.3, 0.4) is 0 Å². The summed E-state index contributed by atoms with van der Waals surface area (Å²) in [4.78, 5) is 9.44. The Balaban J connectivity index is 1.99. The van der Waals surface area contributed by atoms with E-state index in [2.05, 4.69) is 35.6 Å². The maximum Gasteiger partial charge on any atom is 0.183 e. The number of aryl methyl sites for hydroxylation is 3. The van der Waals surface area contributed by atoms with Gasteiger partial charge in [0.15, 0.2) is 5.13 Å². The van der Waals surface area contributed by atoms with Crippen molar-refractivity contribution in [3.63, 3.8) is 0 Å². The second-order valence-electron chi connectivity index (χ2n) is 5.00. The van der Waals surface area contributed by atoms with Gasteiger partial charge in [0, 0.05) is 28.9 Å². The van der Waals surface area contributed by atoms with Crippen LogP contribution < -0.4 is 5.32 Å². The fourth-order valence-corrected chi connectivity index (χ4v) is 3.41. The lowest BCUT2D eigenvalue weighted by atomic mass is 9.93. The number of nitrogens with zero attached hydrogens (tertiary/aromatic N) is 2. The molecule has 0 spiro atoms. The number of hydrogen-bond donors (Lipinski definition) is 1. The van der Waals surface area contributed by atoms with Gasteiger partial charge < -0.3 is 5.32 Å². The van der Waals surface area contributed by atoms with Crippen molar-refractivity contribution in [3.8, 4) is 11.3 Å². The van der Waals surface area contributed by atoms with E-state index in [9.17, 15) is 0 Å². The van der Waals surface area contributed by atoms with Crippen molar-refractivity contribution in [2.75, 3.05) is 11.9 Å².